The Labute approximate surface area is 99.4 Å². The summed E-state index contributed by atoms with van der Waals surface area (Å²) in [6, 6.07) is 5.24. The molecule has 1 aromatic heterocycles. The lowest BCUT2D eigenvalue weighted by Crippen LogP contribution is -2.12. The maximum absolute atomic E-state index is 10.9. The fourth-order valence-electron chi connectivity index (χ4n) is 1.27. The number of benzene rings is 1. The van der Waals surface area contributed by atoms with E-state index >= 15 is 0 Å². The van der Waals surface area contributed by atoms with Crippen molar-refractivity contribution in [2.45, 2.75) is 0 Å². The van der Waals surface area contributed by atoms with Crippen molar-refractivity contribution in [2.24, 2.45) is 5.73 Å². The second kappa shape index (κ2) is 3.79. The molecule has 1 amide bonds. The zero-order valence-corrected chi connectivity index (χ0v) is 9.84. The summed E-state index contributed by atoms with van der Waals surface area (Å²) >= 11 is 9.23. The van der Waals surface area contributed by atoms with Crippen LogP contribution in [0.4, 0.5) is 0 Å². The maximum Gasteiger partial charge on any atom is 0.267 e. The summed E-state index contributed by atoms with van der Waals surface area (Å²) in [4.78, 5) is 14.8. The molecule has 76 valence electrons. The number of aromatic nitrogens is 1. The largest absolute Gasteiger partial charge is 0.364 e. The van der Waals surface area contributed by atoms with Crippen LogP contribution in [0, 0.1) is 0 Å². The molecule has 2 rings (SSSR count). The Morgan fingerprint density at radius 2 is 2.07 bits per heavy atom. The van der Waals surface area contributed by atoms with Gasteiger partial charge in [0.2, 0.25) is 0 Å². The van der Waals surface area contributed by atoms with E-state index in [0.717, 1.165) is 15.2 Å². The van der Waals surface area contributed by atoms with Gasteiger partial charge in [-0.05, 0) is 39.5 Å². The molecule has 1 aromatic carbocycles. The number of hydrogen-bond acceptors (Lipinski definition) is 2. The molecule has 0 saturated carbocycles. The van der Waals surface area contributed by atoms with Crippen LogP contribution in [0.3, 0.4) is 0 Å². The van der Waals surface area contributed by atoms with Crippen LogP contribution in [-0.4, -0.2) is 10.9 Å². The fourth-order valence-corrected chi connectivity index (χ4v) is 1.81. The summed E-state index contributed by atoms with van der Waals surface area (Å²) in [6.45, 7) is 0. The minimum atomic E-state index is -0.539. The van der Waals surface area contributed by atoms with Gasteiger partial charge in [-0.3, -0.25) is 9.78 Å². The Bertz CT molecular complexity index is 556. The summed E-state index contributed by atoms with van der Waals surface area (Å²) < 4.78 is 0.776. The molecule has 2 aromatic rings. The lowest BCUT2D eigenvalue weighted by Gasteiger charge is -2.02. The molecule has 0 fully saturated rings. The first-order valence-electron chi connectivity index (χ1n) is 4.12. The molecular formula is C10H6BrClN2O. The first kappa shape index (κ1) is 10.4. The number of carbonyl (C=O) groups is 1. The van der Waals surface area contributed by atoms with Crippen LogP contribution in [0.15, 0.2) is 28.9 Å². The monoisotopic (exact) mass is 284 g/mol. The molecule has 0 aliphatic carbocycles. The summed E-state index contributed by atoms with van der Waals surface area (Å²) in [5.41, 5.74) is 5.38. The molecule has 0 radical (unpaired) electrons. The third-order valence-corrected chi connectivity index (χ3v) is 3.21. The highest BCUT2D eigenvalue weighted by atomic mass is 79.9. The summed E-state index contributed by atoms with van der Waals surface area (Å²) in [7, 11) is 0. The van der Waals surface area contributed by atoms with E-state index in [1.165, 1.54) is 0 Å². The quantitative estimate of drug-likeness (QED) is 0.876. The fraction of sp³-hybridized carbons (Fsp3) is 0. The van der Waals surface area contributed by atoms with Crippen molar-refractivity contribution in [3.05, 3.63) is 39.6 Å². The van der Waals surface area contributed by atoms with Crippen molar-refractivity contribution in [3.63, 3.8) is 0 Å². The second-order valence-corrected chi connectivity index (χ2v) is 4.31. The summed E-state index contributed by atoms with van der Waals surface area (Å²) in [6.07, 6.45) is 1.58. The molecule has 0 aliphatic rings. The zero-order valence-electron chi connectivity index (χ0n) is 7.50. The van der Waals surface area contributed by atoms with E-state index in [-0.39, 0.29) is 5.69 Å². The number of nitrogens with zero attached hydrogens (tertiary/aromatic N) is 1. The molecule has 0 atom stereocenters. The number of nitrogens with two attached hydrogens (primary N) is 1. The molecule has 15 heavy (non-hydrogen) atoms. The Balaban J connectivity index is 2.72. The average molecular weight is 286 g/mol. The van der Waals surface area contributed by atoms with Crippen molar-refractivity contribution in [3.8, 4) is 0 Å². The van der Waals surface area contributed by atoms with Crippen molar-refractivity contribution >= 4 is 44.2 Å². The minimum Gasteiger partial charge on any atom is -0.364 e. The lowest BCUT2D eigenvalue weighted by atomic mass is 10.1. The molecule has 0 saturated heterocycles. The van der Waals surface area contributed by atoms with Gasteiger partial charge in [0.05, 0.1) is 5.02 Å². The minimum absolute atomic E-state index is 0.247. The number of rotatable bonds is 1. The Morgan fingerprint density at radius 1 is 1.33 bits per heavy atom. The zero-order chi connectivity index (χ0) is 11.0. The van der Waals surface area contributed by atoms with Crippen LogP contribution in [0.5, 0.6) is 0 Å². The third kappa shape index (κ3) is 1.96. The molecular weight excluding hydrogens is 279 g/mol. The Morgan fingerprint density at radius 3 is 2.73 bits per heavy atom. The van der Waals surface area contributed by atoms with E-state index in [0.29, 0.717) is 5.02 Å². The highest BCUT2D eigenvalue weighted by Crippen LogP contribution is 2.27. The van der Waals surface area contributed by atoms with Gasteiger partial charge in [0.1, 0.15) is 5.69 Å². The van der Waals surface area contributed by atoms with Gasteiger partial charge >= 0.3 is 0 Å². The first-order valence-corrected chi connectivity index (χ1v) is 5.29. The Hall–Kier alpha value is -1.13. The van der Waals surface area contributed by atoms with Crippen LogP contribution in [0.25, 0.3) is 10.8 Å². The normalized spacial score (nSPS) is 10.5. The van der Waals surface area contributed by atoms with Gasteiger partial charge in [0.25, 0.3) is 5.91 Å². The smallest absolute Gasteiger partial charge is 0.267 e. The average Bonchev–Trinajstić information content (AvgIpc) is 2.19. The SMILES string of the molecule is NC(=O)c1cc2cc(Br)c(Cl)cc2cn1. The van der Waals surface area contributed by atoms with Crippen molar-refractivity contribution < 1.29 is 4.79 Å². The summed E-state index contributed by atoms with van der Waals surface area (Å²) in [5.74, 6) is -0.539. The standard InChI is InChI=1S/C10H6BrClN2O/c11-7-1-5-3-9(10(13)15)14-4-6(5)2-8(7)12/h1-4H,(H2,13,15). The predicted octanol–water partition coefficient (Wildman–Crippen LogP) is 2.75. The number of fused-ring (bicyclic) bond motifs is 1. The maximum atomic E-state index is 10.9. The topological polar surface area (TPSA) is 56.0 Å². The number of pyridine rings is 1. The first-order chi connectivity index (χ1) is 7.08. The predicted molar refractivity (Wildman–Crippen MR) is 63.0 cm³/mol. The van der Waals surface area contributed by atoms with Gasteiger partial charge in [-0.15, -0.1) is 0 Å². The number of amides is 1. The van der Waals surface area contributed by atoms with Crippen LogP contribution >= 0.6 is 27.5 Å². The van der Waals surface area contributed by atoms with Gasteiger partial charge in [0.15, 0.2) is 0 Å². The molecule has 2 N–H and O–H groups in total. The molecule has 5 heteroatoms. The molecule has 0 aliphatic heterocycles. The van der Waals surface area contributed by atoms with E-state index < -0.39 is 5.91 Å². The van der Waals surface area contributed by atoms with Crippen LogP contribution in [0.1, 0.15) is 10.5 Å². The number of carbonyl (C=O) groups excluding carboxylic acids is 1. The third-order valence-electron chi connectivity index (χ3n) is 2.01. The number of hydrogen-bond donors (Lipinski definition) is 1. The molecule has 0 spiro atoms. The molecule has 1 heterocycles. The van der Waals surface area contributed by atoms with E-state index in [9.17, 15) is 4.79 Å². The van der Waals surface area contributed by atoms with Crippen molar-refractivity contribution in [2.75, 3.05) is 0 Å². The van der Waals surface area contributed by atoms with E-state index in [1.807, 2.05) is 6.07 Å². The molecule has 3 nitrogen and oxygen atoms in total. The number of halogens is 2. The Kier molecular flexibility index (Phi) is 2.63. The van der Waals surface area contributed by atoms with Gasteiger partial charge in [-0.25, -0.2) is 0 Å². The lowest BCUT2D eigenvalue weighted by molar-refractivity contribution is 0.0996. The van der Waals surface area contributed by atoms with Crippen molar-refractivity contribution in [1.82, 2.24) is 4.98 Å². The van der Waals surface area contributed by atoms with Crippen LogP contribution in [-0.2, 0) is 0 Å². The molecule has 0 unspecified atom stereocenters. The van der Waals surface area contributed by atoms with Gasteiger partial charge in [-0.1, -0.05) is 11.6 Å². The highest BCUT2D eigenvalue weighted by Gasteiger charge is 2.05. The van der Waals surface area contributed by atoms with Gasteiger partial charge < -0.3 is 5.73 Å². The van der Waals surface area contributed by atoms with Crippen LogP contribution in [0.2, 0.25) is 5.02 Å². The van der Waals surface area contributed by atoms with E-state index in [4.69, 9.17) is 17.3 Å². The second-order valence-electron chi connectivity index (χ2n) is 3.05. The van der Waals surface area contributed by atoms with E-state index in [2.05, 4.69) is 20.9 Å². The van der Waals surface area contributed by atoms with Gasteiger partial charge in [0, 0.05) is 16.1 Å². The van der Waals surface area contributed by atoms with Crippen molar-refractivity contribution in [1.29, 1.82) is 0 Å². The highest BCUT2D eigenvalue weighted by molar-refractivity contribution is 9.10. The molecule has 0 bridgehead atoms. The van der Waals surface area contributed by atoms with Crippen LogP contribution < -0.4 is 5.73 Å². The summed E-state index contributed by atoms with van der Waals surface area (Å²) in [5, 5.41) is 2.35. The van der Waals surface area contributed by atoms with Gasteiger partial charge in [-0.2, -0.15) is 0 Å². The van der Waals surface area contributed by atoms with E-state index in [1.54, 1.807) is 18.3 Å². The number of primary amides is 1.